The molecule has 1 heterocycles. The van der Waals surface area contributed by atoms with E-state index >= 15 is 0 Å². The average Bonchev–Trinajstić information content (AvgIpc) is 2.90. The number of carbonyl (C=O) groups is 1. The molecule has 0 unspecified atom stereocenters. The van der Waals surface area contributed by atoms with Crippen LogP contribution in [0.15, 0.2) is 47.1 Å². The van der Waals surface area contributed by atoms with Gasteiger partial charge in [0.05, 0.1) is 6.26 Å². The first-order chi connectivity index (χ1) is 8.66. The van der Waals surface area contributed by atoms with Crippen molar-refractivity contribution in [3.8, 4) is 11.3 Å². The summed E-state index contributed by atoms with van der Waals surface area (Å²) < 4.78 is 5.32. The topological polar surface area (TPSA) is 42.2 Å². The molecule has 18 heavy (non-hydrogen) atoms. The zero-order chi connectivity index (χ0) is 13.0. The Morgan fingerprint density at radius 2 is 2.11 bits per heavy atom. The number of nitrogens with one attached hydrogen (secondary N) is 1. The lowest BCUT2D eigenvalue weighted by Gasteiger charge is -2.08. The molecule has 0 spiro atoms. The van der Waals surface area contributed by atoms with Crippen LogP contribution in [0, 0.1) is 5.92 Å². The second-order valence-electron chi connectivity index (χ2n) is 4.66. The third kappa shape index (κ3) is 3.00. The smallest absolute Gasteiger partial charge is 0.251 e. The minimum Gasteiger partial charge on any atom is -0.464 e. The van der Waals surface area contributed by atoms with Crippen molar-refractivity contribution in [3.63, 3.8) is 0 Å². The van der Waals surface area contributed by atoms with Gasteiger partial charge < -0.3 is 9.73 Å². The first-order valence-electron chi connectivity index (χ1n) is 6.09. The standard InChI is InChI=1S/C15H17NO2/c1-11(2)10-16-15(17)13-6-3-5-12(9-13)14-7-4-8-18-14/h3-9,11H,10H2,1-2H3,(H,16,17). The van der Waals surface area contributed by atoms with E-state index in [4.69, 9.17) is 4.42 Å². The highest BCUT2D eigenvalue weighted by molar-refractivity contribution is 5.95. The van der Waals surface area contributed by atoms with Crippen molar-refractivity contribution in [1.82, 2.24) is 5.32 Å². The molecule has 94 valence electrons. The number of benzene rings is 1. The van der Waals surface area contributed by atoms with Crippen LogP contribution < -0.4 is 5.32 Å². The predicted octanol–water partition coefficient (Wildman–Crippen LogP) is 3.33. The summed E-state index contributed by atoms with van der Waals surface area (Å²) in [6.07, 6.45) is 1.63. The van der Waals surface area contributed by atoms with Crippen molar-refractivity contribution in [1.29, 1.82) is 0 Å². The van der Waals surface area contributed by atoms with E-state index in [9.17, 15) is 4.79 Å². The normalized spacial score (nSPS) is 10.6. The summed E-state index contributed by atoms with van der Waals surface area (Å²) in [6, 6.07) is 11.2. The largest absolute Gasteiger partial charge is 0.464 e. The fourth-order valence-corrected chi connectivity index (χ4v) is 1.66. The van der Waals surface area contributed by atoms with Crippen LogP contribution in [0.4, 0.5) is 0 Å². The second-order valence-corrected chi connectivity index (χ2v) is 4.66. The Bertz CT molecular complexity index is 515. The molecule has 0 atom stereocenters. The number of hydrogen-bond acceptors (Lipinski definition) is 2. The minimum absolute atomic E-state index is 0.0443. The Morgan fingerprint density at radius 3 is 2.78 bits per heavy atom. The molecular formula is C15H17NO2. The van der Waals surface area contributed by atoms with Crippen molar-refractivity contribution in [2.45, 2.75) is 13.8 Å². The second kappa shape index (κ2) is 5.54. The Labute approximate surface area is 107 Å². The molecule has 0 saturated carbocycles. The fraction of sp³-hybridized carbons (Fsp3) is 0.267. The van der Waals surface area contributed by atoms with Crippen LogP contribution in [0.2, 0.25) is 0 Å². The molecule has 1 aromatic heterocycles. The molecule has 0 saturated heterocycles. The van der Waals surface area contributed by atoms with E-state index in [1.165, 1.54) is 0 Å². The summed E-state index contributed by atoms with van der Waals surface area (Å²) in [4.78, 5) is 11.9. The number of carbonyl (C=O) groups excluding carboxylic acids is 1. The lowest BCUT2D eigenvalue weighted by molar-refractivity contribution is 0.0949. The highest BCUT2D eigenvalue weighted by Gasteiger charge is 2.08. The summed E-state index contributed by atoms with van der Waals surface area (Å²) >= 11 is 0. The van der Waals surface area contributed by atoms with Crippen LogP contribution in [0.1, 0.15) is 24.2 Å². The maximum atomic E-state index is 11.9. The minimum atomic E-state index is -0.0443. The molecule has 1 amide bonds. The van der Waals surface area contributed by atoms with Gasteiger partial charge in [0, 0.05) is 17.7 Å². The van der Waals surface area contributed by atoms with Gasteiger partial charge in [-0.3, -0.25) is 4.79 Å². The van der Waals surface area contributed by atoms with Crippen molar-refractivity contribution in [2.24, 2.45) is 5.92 Å². The van der Waals surface area contributed by atoms with Gasteiger partial charge in [-0.2, -0.15) is 0 Å². The van der Waals surface area contributed by atoms with Crippen molar-refractivity contribution < 1.29 is 9.21 Å². The zero-order valence-corrected chi connectivity index (χ0v) is 10.6. The van der Waals surface area contributed by atoms with E-state index in [-0.39, 0.29) is 5.91 Å². The molecule has 0 radical (unpaired) electrons. The maximum absolute atomic E-state index is 11.9. The molecule has 1 N–H and O–H groups in total. The van der Waals surface area contributed by atoms with E-state index in [1.54, 1.807) is 6.26 Å². The van der Waals surface area contributed by atoms with Crippen LogP contribution in [0.3, 0.4) is 0 Å². The highest BCUT2D eigenvalue weighted by atomic mass is 16.3. The lowest BCUT2D eigenvalue weighted by atomic mass is 10.1. The van der Waals surface area contributed by atoms with E-state index in [0.29, 0.717) is 18.0 Å². The summed E-state index contributed by atoms with van der Waals surface area (Å²) in [5.41, 5.74) is 1.57. The monoisotopic (exact) mass is 243 g/mol. The summed E-state index contributed by atoms with van der Waals surface area (Å²) in [5, 5.41) is 2.90. The van der Waals surface area contributed by atoms with Crippen LogP contribution in [0.5, 0.6) is 0 Å². The zero-order valence-electron chi connectivity index (χ0n) is 10.6. The number of rotatable bonds is 4. The Hall–Kier alpha value is -2.03. The van der Waals surface area contributed by atoms with Crippen molar-refractivity contribution in [3.05, 3.63) is 48.2 Å². The van der Waals surface area contributed by atoms with E-state index in [1.807, 2.05) is 36.4 Å². The molecule has 0 aliphatic carbocycles. The quantitative estimate of drug-likeness (QED) is 0.895. The van der Waals surface area contributed by atoms with Crippen molar-refractivity contribution >= 4 is 5.91 Å². The van der Waals surface area contributed by atoms with E-state index in [0.717, 1.165) is 11.3 Å². The average molecular weight is 243 g/mol. The van der Waals surface area contributed by atoms with Crippen LogP contribution in [-0.4, -0.2) is 12.5 Å². The van der Waals surface area contributed by atoms with Crippen LogP contribution in [-0.2, 0) is 0 Å². The maximum Gasteiger partial charge on any atom is 0.251 e. The van der Waals surface area contributed by atoms with Crippen LogP contribution in [0.25, 0.3) is 11.3 Å². The lowest BCUT2D eigenvalue weighted by Crippen LogP contribution is -2.27. The molecule has 0 bridgehead atoms. The van der Waals surface area contributed by atoms with Gasteiger partial charge in [0.15, 0.2) is 0 Å². The third-order valence-electron chi connectivity index (χ3n) is 2.60. The molecule has 0 fully saturated rings. The third-order valence-corrected chi connectivity index (χ3v) is 2.60. The fourth-order valence-electron chi connectivity index (χ4n) is 1.66. The summed E-state index contributed by atoms with van der Waals surface area (Å²) in [7, 11) is 0. The highest BCUT2D eigenvalue weighted by Crippen LogP contribution is 2.20. The molecule has 3 heteroatoms. The molecule has 2 aromatic rings. The summed E-state index contributed by atoms with van der Waals surface area (Å²) in [6.45, 7) is 4.82. The van der Waals surface area contributed by atoms with E-state index < -0.39 is 0 Å². The molecule has 0 aliphatic heterocycles. The van der Waals surface area contributed by atoms with Gasteiger partial charge in [-0.05, 0) is 30.2 Å². The Balaban J connectivity index is 2.15. The number of amides is 1. The molecule has 1 aromatic carbocycles. The first-order valence-corrected chi connectivity index (χ1v) is 6.09. The molecule has 3 nitrogen and oxygen atoms in total. The number of hydrogen-bond donors (Lipinski definition) is 1. The molecular weight excluding hydrogens is 226 g/mol. The Kier molecular flexibility index (Phi) is 3.82. The van der Waals surface area contributed by atoms with Crippen molar-refractivity contribution in [2.75, 3.05) is 6.54 Å². The first kappa shape index (κ1) is 12.4. The van der Waals surface area contributed by atoms with E-state index in [2.05, 4.69) is 19.2 Å². The van der Waals surface area contributed by atoms with Gasteiger partial charge in [-0.1, -0.05) is 26.0 Å². The SMILES string of the molecule is CC(C)CNC(=O)c1cccc(-c2ccco2)c1. The van der Waals surface area contributed by atoms with Gasteiger partial charge in [-0.15, -0.1) is 0 Å². The number of furan rings is 1. The van der Waals surface area contributed by atoms with Gasteiger partial charge in [0.25, 0.3) is 5.91 Å². The molecule has 2 rings (SSSR count). The predicted molar refractivity (Wildman–Crippen MR) is 71.3 cm³/mol. The van der Waals surface area contributed by atoms with Gasteiger partial charge in [0.2, 0.25) is 0 Å². The molecule has 0 aliphatic rings. The Morgan fingerprint density at radius 1 is 1.28 bits per heavy atom. The van der Waals surface area contributed by atoms with Gasteiger partial charge in [-0.25, -0.2) is 0 Å². The van der Waals surface area contributed by atoms with Gasteiger partial charge >= 0.3 is 0 Å². The van der Waals surface area contributed by atoms with Gasteiger partial charge in [0.1, 0.15) is 5.76 Å². The summed E-state index contributed by atoms with van der Waals surface area (Å²) in [5.74, 6) is 1.17. The van der Waals surface area contributed by atoms with Crippen LogP contribution >= 0.6 is 0 Å².